The second kappa shape index (κ2) is 5.47. The van der Waals surface area contributed by atoms with Crippen molar-refractivity contribution >= 4 is 11.8 Å². The van der Waals surface area contributed by atoms with Gasteiger partial charge in [-0.2, -0.15) is 11.8 Å². The van der Waals surface area contributed by atoms with Crippen LogP contribution in [0.4, 0.5) is 8.78 Å². The first-order valence-electron chi connectivity index (χ1n) is 4.77. The van der Waals surface area contributed by atoms with Gasteiger partial charge in [-0.05, 0) is 37.0 Å². The van der Waals surface area contributed by atoms with Gasteiger partial charge < -0.3 is 5.73 Å². The van der Waals surface area contributed by atoms with Crippen LogP contribution in [0.1, 0.15) is 23.6 Å². The third-order valence-corrected chi connectivity index (χ3v) is 2.97. The summed E-state index contributed by atoms with van der Waals surface area (Å²) >= 11 is 1.62. The van der Waals surface area contributed by atoms with Gasteiger partial charge in [0.05, 0.1) is 0 Å². The second-order valence-corrected chi connectivity index (χ2v) is 4.47. The Bertz CT molecular complexity index is 342. The van der Waals surface area contributed by atoms with Crippen LogP contribution < -0.4 is 5.73 Å². The van der Waals surface area contributed by atoms with Gasteiger partial charge in [0, 0.05) is 11.6 Å². The number of hydrogen-bond acceptors (Lipinski definition) is 2. The Morgan fingerprint density at radius 1 is 1.40 bits per heavy atom. The highest BCUT2D eigenvalue weighted by Crippen LogP contribution is 2.24. The molecule has 0 radical (unpaired) electrons. The van der Waals surface area contributed by atoms with Crippen molar-refractivity contribution in [1.29, 1.82) is 0 Å². The molecule has 4 heteroatoms. The van der Waals surface area contributed by atoms with Gasteiger partial charge >= 0.3 is 0 Å². The fourth-order valence-electron chi connectivity index (χ4n) is 1.41. The average molecular weight is 231 g/mol. The maximum Gasteiger partial charge on any atom is 0.133 e. The molecular weight excluding hydrogens is 216 g/mol. The zero-order valence-corrected chi connectivity index (χ0v) is 9.70. The molecule has 0 heterocycles. The lowest BCUT2D eigenvalue weighted by Crippen LogP contribution is -2.15. The molecule has 0 aliphatic rings. The number of thioether (sulfide) groups is 1. The van der Waals surface area contributed by atoms with Gasteiger partial charge in [0.2, 0.25) is 0 Å². The third kappa shape index (κ3) is 2.92. The highest BCUT2D eigenvalue weighted by molar-refractivity contribution is 7.98. The summed E-state index contributed by atoms with van der Waals surface area (Å²) in [4.78, 5) is 0. The Kier molecular flexibility index (Phi) is 4.54. The van der Waals surface area contributed by atoms with Gasteiger partial charge in [0.15, 0.2) is 0 Å². The Hall–Kier alpha value is -0.610. The molecule has 0 aliphatic heterocycles. The minimum absolute atomic E-state index is 0.0176. The molecule has 15 heavy (non-hydrogen) atoms. The second-order valence-electron chi connectivity index (χ2n) is 3.48. The average Bonchev–Trinajstić information content (AvgIpc) is 2.21. The summed E-state index contributed by atoms with van der Waals surface area (Å²) in [6.45, 7) is 1.61. The van der Waals surface area contributed by atoms with E-state index < -0.39 is 17.7 Å². The molecule has 84 valence electrons. The van der Waals surface area contributed by atoms with E-state index in [-0.39, 0.29) is 5.56 Å². The van der Waals surface area contributed by atoms with Crippen molar-refractivity contribution in [2.45, 2.75) is 19.4 Å². The van der Waals surface area contributed by atoms with E-state index in [0.717, 1.165) is 5.75 Å². The van der Waals surface area contributed by atoms with Crippen molar-refractivity contribution in [3.8, 4) is 0 Å². The lowest BCUT2D eigenvalue weighted by molar-refractivity contribution is 0.517. The summed E-state index contributed by atoms with van der Waals surface area (Å²) in [5.41, 5.74) is 6.21. The summed E-state index contributed by atoms with van der Waals surface area (Å²) in [6, 6.07) is 2.14. The number of hydrogen-bond donors (Lipinski definition) is 1. The number of nitrogens with two attached hydrogens (primary N) is 1. The van der Waals surface area contributed by atoms with Gasteiger partial charge in [-0.3, -0.25) is 0 Å². The monoisotopic (exact) mass is 231 g/mol. The summed E-state index contributed by atoms with van der Waals surface area (Å²) < 4.78 is 27.0. The van der Waals surface area contributed by atoms with Crippen molar-refractivity contribution in [3.63, 3.8) is 0 Å². The number of halogens is 2. The topological polar surface area (TPSA) is 26.0 Å². The van der Waals surface area contributed by atoms with Crippen LogP contribution in [-0.2, 0) is 0 Å². The summed E-state index contributed by atoms with van der Waals surface area (Å²) in [6.07, 6.45) is 2.52. The maximum atomic E-state index is 13.6. The summed E-state index contributed by atoms with van der Waals surface area (Å²) in [5.74, 6) is -0.260. The van der Waals surface area contributed by atoms with Crippen LogP contribution in [-0.4, -0.2) is 12.0 Å². The zero-order valence-electron chi connectivity index (χ0n) is 8.89. The lowest BCUT2D eigenvalue weighted by atomic mass is 10.0. The van der Waals surface area contributed by atoms with Crippen LogP contribution in [0.2, 0.25) is 0 Å². The minimum Gasteiger partial charge on any atom is -0.324 e. The molecule has 1 nitrogen and oxygen atoms in total. The predicted octanol–water partition coefficient (Wildman–Crippen LogP) is 3.03. The van der Waals surface area contributed by atoms with E-state index in [1.807, 2.05) is 6.26 Å². The third-order valence-electron chi connectivity index (χ3n) is 2.32. The summed E-state index contributed by atoms with van der Waals surface area (Å²) in [7, 11) is 0. The first-order chi connectivity index (χ1) is 7.07. The van der Waals surface area contributed by atoms with Gasteiger partial charge in [-0.25, -0.2) is 8.78 Å². The number of benzene rings is 1. The molecule has 0 fully saturated rings. The van der Waals surface area contributed by atoms with E-state index in [2.05, 4.69) is 0 Å². The molecule has 1 aromatic rings. The smallest absolute Gasteiger partial charge is 0.133 e. The highest BCUT2D eigenvalue weighted by Gasteiger charge is 2.17. The van der Waals surface area contributed by atoms with E-state index in [1.165, 1.54) is 12.1 Å². The molecular formula is C11H15F2NS. The fourth-order valence-corrected chi connectivity index (χ4v) is 1.90. The van der Waals surface area contributed by atoms with Crippen molar-refractivity contribution in [2.24, 2.45) is 5.73 Å². The standard InChI is InChI=1S/C11H15F2NS/c1-7-3-4-8(12)10(11(7)13)9(14)5-6-15-2/h3-4,9H,5-6,14H2,1-2H3. The Labute approximate surface area is 93.1 Å². The van der Waals surface area contributed by atoms with Gasteiger partial charge in [0.25, 0.3) is 0 Å². The van der Waals surface area contributed by atoms with E-state index >= 15 is 0 Å². The first-order valence-corrected chi connectivity index (χ1v) is 6.16. The molecule has 0 spiro atoms. The largest absolute Gasteiger partial charge is 0.324 e. The fraction of sp³-hybridized carbons (Fsp3) is 0.455. The number of aryl methyl sites for hydroxylation is 1. The molecule has 1 atom stereocenters. The van der Waals surface area contributed by atoms with E-state index in [4.69, 9.17) is 5.73 Å². The Morgan fingerprint density at radius 3 is 2.67 bits per heavy atom. The molecule has 0 aromatic heterocycles. The van der Waals surface area contributed by atoms with E-state index in [0.29, 0.717) is 12.0 Å². The van der Waals surface area contributed by atoms with E-state index in [1.54, 1.807) is 18.7 Å². The van der Waals surface area contributed by atoms with Gasteiger partial charge in [0.1, 0.15) is 11.6 Å². The zero-order chi connectivity index (χ0) is 11.4. The predicted molar refractivity (Wildman–Crippen MR) is 61.0 cm³/mol. The summed E-state index contributed by atoms with van der Waals surface area (Å²) in [5, 5.41) is 0. The Morgan fingerprint density at radius 2 is 2.07 bits per heavy atom. The molecule has 0 bridgehead atoms. The maximum absolute atomic E-state index is 13.6. The molecule has 0 aliphatic carbocycles. The van der Waals surface area contributed by atoms with Crippen molar-refractivity contribution in [1.82, 2.24) is 0 Å². The minimum atomic E-state index is -0.558. The quantitative estimate of drug-likeness (QED) is 0.862. The Balaban J connectivity index is 2.96. The molecule has 1 rings (SSSR count). The van der Waals surface area contributed by atoms with Crippen LogP contribution in [0, 0.1) is 18.6 Å². The molecule has 0 saturated carbocycles. The van der Waals surface area contributed by atoms with Crippen LogP contribution in [0.5, 0.6) is 0 Å². The normalized spacial score (nSPS) is 12.9. The van der Waals surface area contributed by atoms with Gasteiger partial charge in [-0.15, -0.1) is 0 Å². The lowest BCUT2D eigenvalue weighted by Gasteiger charge is -2.14. The van der Waals surface area contributed by atoms with Crippen LogP contribution in [0.25, 0.3) is 0 Å². The van der Waals surface area contributed by atoms with Crippen molar-refractivity contribution < 1.29 is 8.78 Å². The SMILES string of the molecule is CSCCC(N)c1c(F)ccc(C)c1F. The van der Waals surface area contributed by atoms with Crippen LogP contribution >= 0.6 is 11.8 Å². The first kappa shape index (κ1) is 12.5. The molecule has 0 amide bonds. The van der Waals surface area contributed by atoms with E-state index in [9.17, 15) is 8.78 Å². The molecule has 1 aromatic carbocycles. The van der Waals surface area contributed by atoms with Crippen molar-refractivity contribution in [3.05, 3.63) is 34.9 Å². The van der Waals surface area contributed by atoms with Crippen LogP contribution in [0.3, 0.4) is 0 Å². The molecule has 0 saturated heterocycles. The molecule has 2 N–H and O–H groups in total. The van der Waals surface area contributed by atoms with Gasteiger partial charge in [-0.1, -0.05) is 6.07 Å². The molecule has 1 unspecified atom stereocenters. The number of rotatable bonds is 4. The van der Waals surface area contributed by atoms with Crippen LogP contribution in [0.15, 0.2) is 12.1 Å². The van der Waals surface area contributed by atoms with Crippen molar-refractivity contribution in [2.75, 3.05) is 12.0 Å². The highest BCUT2D eigenvalue weighted by atomic mass is 32.2.